The van der Waals surface area contributed by atoms with E-state index in [9.17, 15) is 14.7 Å². The first-order valence-electron chi connectivity index (χ1n) is 11.6. The Balaban J connectivity index is 1.41. The number of phenols is 1. The first-order chi connectivity index (χ1) is 16.0. The summed E-state index contributed by atoms with van der Waals surface area (Å²) in [5.41, 5.74) is 5.36. The number of nitrogens with zero attached hydrogens (tertiary/aromatic N) is 1. The van der Waals surface area contributed by atoms with Gasteiger partial charge in [-0.2, -0.15) is 0 Å². The van der Waals surface area contributed by atoms with Crippen LogP contribution in [0.15, 0.2) is 48.2 Å². The van der Waals surface area contributed by atoms with Crippen molar-refractivity contribution in [2.75, 3.05) is 13.1 Å². The monoisotopic (exact) mass is 444 g/mol. The standard InChI is InChI=1S/C27H28N2O4/c1-17(30)28-15-18-5-6-19-7-8-20(22(19)13-18)14-25-26(32)21-9-10-24(31)23(27(21)33-25)16-29-11-3-2-4-12-29/h5-6,8-10,13-14,31H,2-4,7,11-12,15-16H2,1H3,(H,28,30)/b25-14-. The quantitative estimate of drug-likeness (QED) is 0.679. The molecule has 0 saturated carbocycles. The minimum absolute atomic E-state index is 0.0697. The van der Waals surface area contributed by atoms with Gasteiger partial charge in [-0.05, 0) is 78.9 Å². The molecule has 33 heavy (non-hydrogen) atoms. The SMILES string of the molecule is CC(=O)NCc1ccc2c(c1)C(/C=C1\Oc3c(ccc(O)c3CN3CCCCC3)C1=O)=CC2. The molecular formula is C27H28N2O4. The van der Waals surface area contributed by atoms with E-state index >= 15 is 0 Å². The van der Waals surface area contributed by atoms with Crippen molar-refractivity contribution in [1.82, 2.24) is 10.2 Å². The summed E-state index contributed by atoms with van der Waals surface area (Å²) in [5.74, 6) is 0.701. The predicted octanol–water partition coefficient (Wildman–Crippen LogP) is 4.11. The lowest BCUT2D eigenvalue weighted by Gasteiger charge is -2.27. The van der Waals surface area contributed by atoms with E-state index in [1.165, 1.54) is 18.9 Å². The van der Waals surface area contributed by atoms with Crippen molar-refractivity contribution < 1.29 is 19.4 Å². The Morgan fingerprint density at radius 2 is 1.97 bits per heavy atom. The van der Waals surface area contributed by atoms with Crippen molar-refractivity contribution in [3.63, 3.8) is 0 Å². The summed E-state index contributed by atoms with van der Waals surface area (Å²) in [7, 11) is 0. The average molecular weight is 445 g/mol. The molecule has 2 aromatic rings. The molecule has 0 aromatic heterocycles. The molecule has 2 heterocycles. The lowest BCUT2D eigenvalue weighted by molar-refractivity contribution is -0.119. The molecule has 1 aliphatic carbocycles. The highest BCUT2D eigenvalue weighted by Crippen LogP contribution is 2.41. The molecule has 2 N–H and O–H groups in total. The molecule has 3 aliphatic rings. The zero-order valence-electron chi connectivity index (χ0n) is 18.8. The summed E-state index contributed by atoms with van der Waals surface area (Å²) < 4.78 is 6.09. The van der Waals surface area contributed by atoms with Gasteiger partial charge in [0.2, 0.25) is 11.7 Å². The van der Waals surface area contributed by atoms with E-state index in [1.54, 1.807) is 18.2 Å². The Bertz CT molecular complexity index is 1190. The number of likely N-dealkylation sites (tertiary alicyclic amines) is 1. The van der Waals surface area contributed by atoms with E-state index < -0.39 is 0 Å². The molecular weight excluding hydrogens is 416 g/mol. The van der Waals surface area contributed by atoms with Gasteiger partial charge in [0, 0.05) is 20.0 Å². The van der Waals surface area contributed by atoms with Crippen LogP contribution in [-0.4, -0.2) is 34.8 Å². The highest BCUT2D eigenvalue weighted by molar-refractivity contribution is 6.14. The van der Waals surface area contributed by atoms with E-state index in [2.05, 4.69) is 28.4 Å². The summed E-state index contributed by atoms with van der Waals surface area (Å²) in [4.78, 5) is 26.7. The molecule has 5 rings (SSSR count). The van der Waals surface area contributed by atoms with E-state index in [4.69, 9.17) is 4.74 Å². The van der Waals surface area contributed by atoms with Gasteiger partial charge in [-0.15, -0.1) is 0 Å². The van der Waals surface area contributed by atoms with Gasteiger partial charge in [0.15, 0.2) is 5.76 Å². The topological polar surface area (TPSA) is 78.9 Å². The first-order valence-corrected chi connectivity index (χ1v) is 11.6. The zero-order chi connectivity index (χ0) is 22.9. The molecule has 0 radical (unpaired) electrons. The Morgan fingerprint density at radius 1 is 1.15 bits per heavy atom. The van der Waals surface area contributed by atoms with Crippen molar-refractivity contribution in [3.8, 4) is 11.5 Å². The number of aromatic hydroxyl groups is 1. The molecule has 2 aromatic carbocycles. The number of hydrogen-bond acceptors (Lipinski definition) is 5. The summed E-state index contributed by atoms with van der Waals surface area (Å²) in [6.07, 6.45) is 8.22. The summed E-state index contributed by atoms with van der Waals surface area (Å²) in [6, 6.07) is 9.38. The molecule has 1 fully saturated rings. The van der Waals surface area contributed by atoms with Gasteiger partial charge in [0.05, 0.1) is 11.1 Å². The molecule has 170 valence electrons. The molecule has 1 saturated heterocycles. The van der Waals surface area contributed by atoms with Gasteiger partial charge in [-0.25, -0.2) is 0 Å². The smallest absolute Gasteiger partial charge is 0.231 e. The second-order valence-electron chi connectivity index (χ2n) is 8.98. The van der Waals surface area contributed by atoms with Crippen LogP contribution < -0.4 is 10.1 Å². The Labute approximate surface area is 193 Å². The Hall–Kier alpha value is -3.38. The number of carbonyl (C=O) groups excluding carboxylic acids is 2. The summed E-state index contributed by atoms with van der Waals surface area (Å²) in [5, 5.41) is 13.4. The lowest BCUT2D eigenvalue weighted by Crippen LogP contribution is -2.29. The largest absolute Gasteiger partial charge is 0.507 e. The van der Waals surface area contributed by atoms with Gasteiger partial charge in [-0.3, -0.25) is 14.5 Å². The number of piperidine rings is 1. The van der Waals surface area contributed by atoms with Crippen molar-refractivity contribution >= 4 is 17.3 Å². The number of amides is 1. The fraction of sp³-hybridized carbons (Fsp3) is 0.333. The number of carbonyl (C=O) groups is 2. The molecule has 6 nitrogen and oxygen atoms in total. The van der Waals surface area contributed by atoms with Crippen LogP contribution in [0, 0.1) is 0 Å². The minimum Gasteiger partial charge on any atom is -0.507 e. The Kier molecular flexibility index (Phi) is 5.77. The summed E-state index contributed by atoms with van der Waals surface area (Å²) >= 11 is 0. The second-order valence-corrected chi connectivity index (χ2v) is 8.98. The number of benzene rings is 2. The third kappa shape index (κ3) is 4.31. The van der Waals surface area contributed by atoms with Gasteiger partial charge < -0.3 is 15.2 Å². The van der Waals surface area contributed by atoms with Crippen LogP contribution in [0.2, 0.25) is 0 Å². The number of nitrogens with one attached hydrogen (secondary N) is 1. The van der Waals surface area contributed by atoms with Crippen LogP contribution in [0.25, 0.3) is 5.57 Å². The van der Waals surface area contributed by atoms with Gasteiger partial charge >= 0.3 is 0 Å². The molecule has 2 aliphatic heterocycles. The summed E-state index contributed by atoms with van der Waals surface area (Å²) in [6.45, 7) is 4.52. The van der Waals surface area contributed by atoms with Crippen LogP contribution in [0.4, 0.5) is 0 Å². The van der Waals surface area contributed by atoms with Crippen LogP contribution in [0.5, 0.6) is 11.5 Å². The van der Waals surface area contributed by atoms with Crippen LogP contribution in [-0.2, 0) is 24.3 Å². The fourth-order valence-corrected chi connectivity index (χ4v) is 4.81. The number of allylic oxidation sites excluding steroid dienone is 4. The number of rotatable bonds is 5. The maximum absolute atomic E-state index is 13.1. The van der Waals surface area contributed by atoms with Crippen molar-refractivity contribution in [2.45, 2.75) is 45.7 Å². The number of phenolic OH excluding ortho intramolecular Hbond substituents is 1. The number of Topliss-reactive ketones (excluding diaryl/α,β-unsaturated/α-hetero) is 1. The lowest BCUT2D eigenvalue weighted by atomic mass is 10.0. The van der Waals surface area contributed by atoms with Crippen molar-refractivity contribution in [2.24, 2.45) is 0 Å². The van der Waals surface area contributed by atoms with Crippen LogP contribution in [0.3, 0.4) is 0 Å². The van der Waals surface area contributed by atoms with Crippen LogP contribution in [0.1, 0.15) is 58.8 Å². The van der Waals surface area contributed by atoms with E-state index in [0.717, 1.165) is 49.1 Å². The molecule has 6 heteroatoms. The van der Waals surface area contributed by atoms with E-state index in [-0.39, 0.29) is 23.2 Å². The zero-order valence-corrected chi connectivity index (χ0v) is 18.8. The maximum Gasteiger partial charge on any atom is 0.231 e. The highest BCUT2D eigenvalue weighted by Gasteiger charge is 2.32. The normalized spacial score (nSPS) is 18.6. The fourth-order valence-electron chi connectivity index (χ4n) is 4.81. The van der Waals surface area contributed by atoms with Crippen molar-refractivity contribution in [3.05, 3.63) is 76.1 Å². The number of fused-ring (bicyclic) bond motifs is 2. The number of hydrogen-bond donors (Lipinski definition) is 2. The second kappa shape index (κ2) is 8.87. The first kappa shape index (κ1) is 21.5. The third-order valence-corrected chi connectivity index (χ3v) is 6.60. The molecule has 1 amide bonds. The van der Waals surface area contributed by atoms with Crippen molar-refractivity contribution in [1.29, 1.82) is 0 Å². The van der Waals surface area contributed by atoms with E-state index in [0.29, 0.717) is 30.0 Å². The molecule has 0 atom stereocenters. The van der Waals surface area contributed by atoms with Crippen LogP contribution >= 0.6 is 0 Å². The molecule has 0 spiro atoms. The van der Waals surface area contributed by atoms with E-state index in [1.807, 2.05) is 6.07 Å². The van der Waals surface area contributed by atoms with Gasteiger partial charge in [0.1, 0.15) is 11.5 Å². The predicted molar refractivity (Wildman–Crippen MR) is 126 cm³/mol. The van der Waals surface area contributed by atoms with Gasteiger partial charge in [0.25, 0.3) is 0 Å². The average Bonchev–Trinajstić information content (AvgIpc) is 3.36. The Morgan fingerprint density at radius 3 is 2.76 bits per heavy atom. The number of ether oxygens (including phenoxy) is 1. The molecule has 0 bridgehead atoms. The van der Waals surface area contributed by atoms with Gasteiger partial charge in [-0.1, -0.05) is 24.6 Å². The maximum atomic E-state index is 13.1. The number of ketones is 1. The minimum atomic E-state index is -0.159. The third-order valence-electron chi connectivity index (χ3n) is 6.60. The molecule has 0 unspecified atom stereocenters. The highest BCUT2D eigenvalue weighted by atomic mass is 16.5.